The lowest BCUT2D eigenvalue weighted by molar-refractivity contribution is 0.122. The standard InChI is InChI=1S/C13H19N5O/c1-9(2)18-8-14-11-10(3)15-13(16-12(11)18)17-4-6-19-7-5-17/h8-9H,4-7H2,1-3H3. The molecule has 0 saturated carbocycles. The van der Waals surface area contributed by atoms with Gasteiger partial charge in [-0.25, -0.2) is 9.97 Å². The van der Waals surface area contributed by atoms with Gasteiger partial charge in [0, 0.05) is 19.1 Å². The minimum atomic E-state index is 0.344. The molecular weight excluding hydrogens is 242 g/mol. The van der Waals surface area contributed by atoms with Crippen molar-refractivity contribution in [3.05, 3.63) is 12.0 Å². The van der Waals surface area contributed by atoms with E-state index in [9.17, 15) is 0 Å². The first-order valence-electron chi connectivity index (χ1n) is 6.70. The SMILES string of the molecule is Cc1nc(N2CCOCC2)nc2c1ncn2C(C)C. The number of hydrogen-bond acceptors (Lipinski definition) is 5. The number of imidazole rings is 1. The molecule has 2 aromatic heterocycles. The first-order valence-corrected chi connectivity index (χ1v) is 6.70. The molecule has 1 aliphatic heterocycles. The zero-order valence-electron chi connectivity index (χ0n) is 11.6. The third kappa shape index (κ3) is 2.16. The van der Waals surface area contributed by atoms with E-state index in [-0.39, 0.29) is 0 Å². The Bertz CT molecular complexity index is 586. The molecule has 1 fully saturated rings. The molecular formula is C13H19N5O. The van der Waals surface area contributed by atoms with Crippen LogP contribution in [0.25, 0.3) is 11.2 Å². The van der Waals surface area contributed by atoms with E-state index in [1.165, 1.54) is 0 Å². The summed E-state index contributed by atoms with van der Waals surface area (Å²) in [7, 11) is 0. The molecule has 0 unspecified atom stereocenters. The zero-order chi connectivity index (χ0) is 13.4. The molecule has 6 nitrogen and oxygen atoms in total. The van der Waals surface area contributed by atoms with Crippen LogP contribution in [0, 0.1) is 6.92 Å². The van der Waals surface area contributed by atoms with E-state index >= 15 is 0 Å². The van der Waals surface area contributed by atoms with Crippen LogP contribution in [0.1, 0.15) is 25.6 Å². The van der Waals surface area contributed by atoms with Gasteiger partial charge in [0.1, 0.15) is 5.52 Å². The maximum Gasteiger partial charge on any atom is 0.227 e. The molecule has 2 aromatic rings. The highest BCUT2D eigenvalue weighted by Gasteiger charge is 2.18. The van der Waals surface area contributed by atoms with Gasteiger partial charge >= 0.3 is 0 Å². The third-order valence-corrected chi connectivity index (χ3v) is 3.43. The van der Waals surface area contributed by atoms with E-state index < -0.39 is 0 Å². The summed E-state index contributed by atoms with van der Waals surface area (Å²) in [6, 6.07) is 0.344. The highest BCUT2D eigenvalue weighted by atomic mass is 16.5. The molecule has 1 aliphatic rings. The van der Waals surface area contributed by atoms with Crippen molar-refractivity contribution >= 4 is 17.1 Å². The highest BCUT2D eigenvalue weighted by molar-refractivity contribution is 5.74. The molecule has 19 heavy (non-hydrogen) atoms. The van der Waals surface area contributed by atoms with Crippen molar-refractivity contribution < 1.29 is 4.74 Å². The van der Waals surface area contributed by atoms with Crippen molar-refractivity contribution in [1.29, 1.82) is 0 Å². The Kier molecular flexibility index (Phi) is 3.10. The summed E-state index contributed by atoms with van der Waals surface area (Å²) in [5, 5.41) is 0. The number of anilines is 1. The predicted octanol–water partition coefficient (Wildman–Crippen LogP) is 1.55. The van der Waals surface area contributed by atoms with E-state index in [1.54, 1.807) is 0 Å². The number of nitrogens with zero attached hydrogens (tertiary/aromatic N) is 5. The Morgan fingerprint density at radius 1 is 1.21 bits per heavy atom. The molecule has 0 bridgehead atoms. The lowest BCUT2D eigenvalue weighted by Gasteiger charge is -2.27. The van der Waals surface area contributed by atoms with Gasteiger partial charge in [-0.2, -0.15) is 4.98 Å². The van der Waals surface area contributed by atoms with Crippen LogP contribution in [0.4, 0.5) is 5.95 Å². The monoisotopic (exact) mass is 261 g/mol. The number of fused-ring (bicyclic) bond motifs is 1. The molecule has 3 heterocycles. The number of rotatable bonds is 2. The van der Waals surface area contributed by atoms with Gasteiger partial charge in [-0.1, -0.05) is 0 Å². The molecule has 0 radical (unpaired) electrons. The minimum absolute atomic E-state index is 0.344. The summed E-state index contributed by atoms with van der Waals surface area (Å²) in [5.74, 6) is 0.788. The summed E-state index contributed by atoms with van der Waals surface area (Å²) in [5.41, 5.74) is 2.75. The van der Waals surface area contributed by atoms with Crippen molar-refractivity contribution in [1.82, 2.24) is 19.5 Å². The van der Waals surface area contributed by atoms with Crippen LogP contribution in [0.3, 0.4) is 0 Å². The van der Waals surface area contributed by atoms with Crippen molar-refractivity contribution in [2.45, 2.75) is 26.8 Å². The van der Waals surface area contributed by atoms with Crippen molar-refractivity contribution in [3.63, 3.8) is 0 Å². The molecule has 102 valence electrons. The Hall–Kier alpha value is -1.69. The lowest BCUT2D eigenvalue weighted by Crippen LogP contribution is -2.37. The molecule has 0 N–H and O–H groups in total. The van der Waals surface area contributed by atoms with Gasteiger partial charge in [0.25, 0.3) is 0 Å². The number of aromatic nitrogens is 4. The molecule has 0 amide bonds. The molecule has 0 atom stereocenters. The smallest absolute Gasteiger partial charge is 0.227 e. The van der Waals surface area contributed by atoms with Gasteiger partial charge in [-0.15, -0.1) is 0 Å². The number of hydrogen-bond donors (Lipinski definition) is 0. The van der Waals surface area contributed by atoms with Crippen LogP contribution in [0.5, 0.6) is 0 Å². The van der Waals surface area contributed by atoms with Gasteiger partial charge in [0.2, 0.25) is 5.95 Å². The van der Waals surface area contributed by atoms with Crippen molar-refractivity contribution in [3.8, 4) is 0 Å². The van der Waals surface area contributed by atoms with Gasteiger partial charge < -0.3 is 14.2 Å². The van der Waals surface area contributed by atoms with E-state index in [1.807, 2.05) is 13.3 Å². The second-order valence-electron chi connectivity index (χ2n) is 5.13. The second-order valence-corrected chi connectivity index (χ2v) is 5.13. The van der Waals surface area contributed by atoms with Crippen molar-refractivity contribution in [2.75, 3.05) is 31.2 Å². The first kappa shape index (κ1) is 12.3. The van der Waals surface area contributed by atoms with Gasteiger partial charge in [-0.3, -0.25) is 0 Å². The Balaban J connectivity index is 2.08. The van der Waals surface area contributed by atoms with Crippen LogP contribution in [0.2, 0.25) is 0 Å². The lowest BCUT2D eigenvalue weighted by atomic mass is 10.3. The molecule has 0 aliphatic carbocycles. The fourth-order valence-corrected chi connectivity index (χ4v) is 2.33. The molecule has 1 saturated heterocycles. The minimum Gasteiger partial charge on any atom is -0.378 e. The summed E-state index contributed by atoms with van der Waals surface area (Å²) in [6.07, 6.45) is 1.85. The van der Waals surface area contributed by atoms with Gasteiger partial charge in [0.15, 0.2) is 5.65 Å². The predicted molar refractivity (Wildman–Crippen MR) is 73.5 cm³/mol. The molecule has 0 spiro atoms. The second kappa shape index (κ2) is 4.77. The number of ether oxygens (including phenoxy) is 1. The van der Waals surface area contributed by atoms with Gasteiger partial charge in [0.05, 0.1) is 25.2 Å². The fourth-order valence-electron chi connectivity index (χ4n) is 2.33. The van der Waals surface area contributed by atoms with Crippen LogP contribution in [0.15, 0.2) is 6.33 Å². The van der Waals surface area contributed by atoms with Crippen LogP contribution in [-0.2, 0) is 4.74 Å². The average molecular weight is 261 g/mol. The van der Waals surface area contributed by atoms with E-state index in [2.05, 4.69) is 33.3 Å². The number of morpholine rings is 1. The third-order valence-electron chi connectivity index (χ3n) is 3.43. The van der Waals surface area contributed by atoms with E-state index in [4.69, 9.17) is 9.72 Å². The Morgan fingerprint density at radius 2 is 1.95 bits per heavy atom. The maximum atomic E-state index is 5.37. The zero-order valence-corrected chi connectivity index (χ0v) is 11.6. The molecule has 3 rings (SSSR count). The summed E-state index contributed by atoms with van der Waals surface area (Å²) >= 11 is 0. The normalized spacial score (nSPS) is 16.5. The quantitative estimate of drug-likeness (QED) is 0.821. The van der Waals surface area contributed by atoms with Gasteiger partial charge in [-0.05, 0) is 20.8 Å². The van der Waals surface area contributed by atoms with E-state index in [0.29, 0.717) is 6.04 Å². The van der Waals surface area contributed by atoms with E-state index in [0.717, 1.165) is 49.1 Å². The topological polar surface area (TPSA) is 56.1 Å². The Labute approximate surface area is 112 Å². The average Bonchev–Trinajstić information content (AvgIpc) is 2.84. The highest BCUT2D eigenvalue weighted by Crippen LogP contribution is 2.21. The Morgan fingerprint density at radius 3 is 2.63 bits per heavy atom. The molecule has 0 aromatic carbocycles. The number of aryl methyl sites for hydroxylation is 1. The van der Waals surface area contributed by atoms with Crippen LogP contribution < -0.4 is 4.90 Å². The largest absolute Gasteiger partial charge is 0.378 e. The van der Waals surface area contributed by atoms with Crippen molar-refractivity contribution in [2.24, 2.45) is 0 Å². The first-order chi connectivity index (χ1) is 9.16. The molecule has 6 heteroatoms. The van der Waals surface area contributed by atoms with Crippen LogP contribution in [-0.4, -0.2) is 45.8 Å². The summed E-state index contributed by atoms with van der Waals surface area (Å²) < 4.78 is 7.46. The fraction of sp³-hybridized carbons (Fsp3) is 0.615. The summed E-state index contributed by atoms with van der Waals surface area (Å²) in [4.78, 5) is 15.9. The van der Waals surface area contributed by atoms with Crippen LogP contribution >= 0.6 is 0 Å². The summed E-state index contributed by atoms with van der Waals surface area (Å²) in [6.45, 7) is 9.43. The maximum absolute atomic E-state index is 5.37.